The minimum absolute atomic E-state index is 0.796. The Morgan fingerprint density at radius 1 is 1.08 bits per heavy atom. The molecule has 2 fully saturated rings. The lowest BCUT2D eigenvalue weighted by molar-refractivity contribution is 0.388. The van der Waals surface area contributed by atoms with Gasteiger partial charge in [-0.1, -0.05) is 24.8 Å². The molecule has 0 aromatic heterocycles. The summed E-state index contributed by atoms with van der Waals surface area (Å²) in [6, 6.07) is 0. The highest BCUT2D eigenvalue weighted by molar-refractivity contribution is 7.97. The average Bonchev–Trinajstić information content (AvgIpc) is 2.57. The van der Waals surface area contributed by atoms with Gasteiger partial charge in [0.2, 0.25) is 0 Å². The van der Waals surface area contributed by atoms with Crippen molar-refractivity contribution in [2.24, 2.45) is 0 Å². The molecule has 76 valence electrons. The van der Waals surface area contributed by atoms with Crippen molar-refractivity contribution >= 4 is 24.8 Å². The van der Waals surface area contributed by atoms with Crippen molar-refractivity contribution in [3.63, 3.8) is 0 Å². The second-order valence-corrected chi connectivity index (χ2v) is 5.88. The lowest BCUT2D eigenvalue weighted by Crippen LogP contribution is -2.32. The molecule has 0 aromatic rings. The standard InChI is InChI=1S/C9H18N2S2/c12-10-5-3-4-9(8-10)13-11-6-1-2-7-11/h9,12H,1-8H2. The zero-order valence-electron chi connectivity index (χ0n) is 7.98. The molecule has 0 aromatic carbocycles. The maximum absolute atomic E-state index is 4.42. The monoisotopic (exact) mass is 218 g/mol. The topological polar surface area (TPSA) is 6.48 Å². The van der Waals surface area contributed by atoms with E-state index in [0.29, 0.717) is 0 Å². The van der Waals surface area contributed by atoms with E-state index in [2.05, 4.69) is 33.4 Å². The van der Waals surface area contributed by atoms with Gasteiger partial charge in [-0.2, -0.15) is 0 Å². The first kappa shape index (κ1) is 10.1. The quantitative estimate of drug-likeness (QED) is 0.560. The van der Waals surface area contributed by atoms with Crippen molar-refractivity contribution in [3.05, 3.63) is 0 Å². The highest BCUT2D eigenvalue weighted by atomic mass is 32.2. The molecule has 2 aliphatic rings. The lowest BCUT2D eigenvalue weighted by atomic mass is 10.2. The molecular formula is C9H18N2S2. The molecule has 2 saturated heterocycles. The van der Waals surface area contributed by atoms with Crippen LogP contribution in [0.4, 0.5) is 0 Å². The van der Waals surface area contributed by atoms with Gasteiger partial charge in [-0.05, 0) is 25.7 Å². The lowest BCUT2D eigenvalue weighted by Gasteiger charge is -2.30. The van der Waals surface area contributed by atoms with Gasteiger partial charge in [0.25, 0.3) is 0 Å². The molecule has 0 aliphatic carbocycles. The fraction of sp³-hybridized carbons (Fsp3) is 1.00. The molecule has 2 heterocycles. The Balaban J connectivity index is 1.73. The van der Waals surface area contributed by atoms with Gasteiger partial charge in [0.15, 0.2) is 0 Å². The third-order valence-electron chi connectivity index (χ3n) is 2.72. The summed E-state index contributed by atoms with van der Waals surface area (Å²) in [7, 11) is 0. The van der Waals surface area contributed by atoms with E-state index in [-0.39, 0.29) is 0 Å². The zero-order chi connectivity index (χ0) is 9.10. The average molecular weight is 218 g/mol. The van der Waals surface area contributed by atoms with Crippen LogP contribution in [-0.4, -0.2) is 40.0 Å². The molecule has 2 nitrogen and oxygen atoms in total. The summed E-state index contributed by atoms with van der Waals surface area (Å²) in [5.41, 5.74) is 0. The summed E-state index contributed by atoms with van der Waals surface area (Å²) in [6.45, 7) is 4.92. The number of rotatable bonds is 2. The predicted molar refractivity (Wildman–Crippen MR) is 62.0 cm³/mol. The molecule has 2 rings (SSSR count). The van der Waals surface area contributed by atoms with Gasteiger partial charge in [-0.3, -0.25) is 8.61 Å². The maximum Gasteiger partial charge on any atom is 0.0332 e. The van der Waals surface area contributed by atoms with Gasteiger partial charge in [-0.25, -0.2) is 0 Å². The first-order valence-electron chi connectivity index (χ1n) is 5.20. The Kier molecular flexibility index (Phi) is 3.84. The molecule has 0 amide bonds. The zero-order valence-corrected chi connectivity index (χ0v) is 9.70. The predicted octanol–water partition coefficient (Wildman–Crippen LogP) is 2.04. The first-order valence-corrected chi connectivity index (χ1v) is 6.44. The van der Waals surface area contributed by atoms with Crippen LogP contribution >= 0.6 is 24.8 Å². The Bertz CT molecular complexity index is 160. The van der Waals surface area contributed by atoms with Crippen molar-refractivity contribution in [2.45, 2.75) is 30.9 Å². The van der Waals surface area contributed by atoms with E-state index in [9.17, 15) is 0 Å². The fourth-order valence-corrected chi connectivity index (χ4v) is 3.87. The molecule has 1 atom stereocenters. The summed E-state index contributed by atoms with van der Waals surface area (Å²) < 4.78 is 4.70. The fourth-order valence-electron chi connectivity index (χ4n) is 2.01. The second kappa shape index (κ2) is 4.91. The molecule has 0 radical (unpaired) electrons. The van der Waals surface area contributed by atoms with Crippen LogP contribution in [0, 0.1) is 0 Å². The van der Waals surface area contributed by atoms with Gasteiger partial charge in [0.05, 0.1) is 0 Å². The van der Waals surface area contributed by atoms with E-state index in [1.807, 2.05) is 0 Å². The molecule has 4 heteroatoms. The highest BCUT2D eigenvalue weighted by Gasteiger charge is 2.22. The van der Waals surface area contributed by atoms with Crippen LogP contribution in [0.1, 0.15) is 25.7 Å². The van der Waals surface area contributed by atoms with Gasteiger partial charge in [0.1, 0.15) is 0 Å². The Morgan fingerprint density at radius 3 is 2.54 bits per heavy atom. The minimum Gasteiger partial charge on any atom is -0.252 e. The third kappa shape index (κ3) is 3.05. The van der Waals surface area contributed by atoms with Crippen molar-refractivity contribution in [1.82, 2.24) is 8.61 Å². The number of thiol groups is 1. The SMILES string of the molecule is SN1CCCC(SN2CCCC2)C1. The van der Waals surface area contributed by atoms with E-state index in [1.165, 1.54) is 45.3 Å². The normalized spacial score (nSPS) is 32.5. The maximum atomic E-state index is 4.42. The van der Waals surface area contributed by atoms with Gasteiger partial charge in [-0.15, -0.1) is 0 Å². The summed E-state index contributed by atoms with van der Waals surface area (Å²) in [5, 5.41) is 0.796. The van der Waals surface area contributed by atoms with Crippen LogP contribution in [0.15, 0.2) is 0 Å². The van der Waals surface area contributed by atoms with Crippen LogP contribution in [0.5, 0.6) is 0 Å². The van der Waals surface area contributed by atoms with Gasteiger partial charge < -0.3 is 0 Å². The summed E-state index contributed by atoms with van der Waals surface area (Å²) in [5.74, 6) is 0. The molecule has 0 bridgehead atoms. The molecule has 13 heavy (non-hydrogen) atoms. The van der Waals surface area contributed by atoms with Crippen LogP contribution in [0.3, 0.4) is 0 Å². The molecule has 0 N–H and O–H groups in total. The van der Waals surface area contributed by atoms with Crippen LogP contribution in [-0.2, 0) is 0 Å². The summed E-state index contributed by atoms with van der Waals surface area (Å²) >= 11 is 6.49. The third-order valence-corrected chi connectivity index (χ3v) is 4.43. The van der Waals surface area contributed by atoms with Gasteiger partial charge >= 0.3 is 0 Å². The molecule has 1 unspecified atom stereocenters. The van der Waals surface area contributed by atoms with Crippen molar-refractivity contribution < 1.29 is 0 Å². The molecule has 0 spiro atoms. The summed E-state index contributed by atoms with van der Waals surface area (Å²) in [6.07, 6.45) is 5.47. The van der Waals surface area contributed by atoms with Crippen LogP contribution < -0.4 is 0 Å². The first-order chi connectivity index (χ1) is 6.34. The summed E-state index contributed by atoms with van der Waals surface area (Å²) in [4.78, 5) is 0. The van der Waals surface area contributed by atoms with Crippen LogP contribution in [0.2, 0.25) is 0 Å². The van der Waals surface area contributed by atoms with E-state index in [1.54, 1.807) is 0 Å². The van der Waals surface area contributed by atoms with Crippen molar-refractivity contribution in [3.8, 4) is 0 Å². The second-order valence-electron chi connectivity index (χ2n) is 3.92. The van der Waals surface area contributed by atoms with E-state index in [0.717, 1.165) is 11.8 Å². The van der Waals surface area contributed by atoms with Crippen LogP contribution in [0.25, 0.3) is 0 Å². The Hall–Kier alpha value is 0.620. The number of nitrogens with zero attached hydrogens (tertiary/aromatic N) is 2. The molecule has 0 saturated carbocycles. The largest absolute Gasteiger partial charge is 0.252 e. The Morgan fingerprint density at radius 2 is 1.85 bits per heavy atom. The number of hydrogen-bond donors (Lipinski definition) is 1. The van der Waals surface area contributed by atoms with E-state index in [4.69, 9.17) is 0 Å². The smallest absolute Gasteiger partial charge is 0.0332 e. The number of piperidine rings is 1. The Labute approximate surface area is 90.7 Å². The number of hydrogen-bond acceptors (Lipinski definition) is 4. The van der Waals surface area contributed by atoms with Crippen molar-refractivity contribution in [1.29, 1.82) is 0 Å². The van der Waals surface area contributed by atoms with Crippen molar-refractivity contribution in [2.75, 3.05) is 26.2 Å². The minimum atomic E-state index is 0.796. The highest BCUT2D eigenvalue weighted by Crippen LogP contribution is 2.28. The molecule has 2 aliphatic heterocycles. The van der Waals surface area contributed by atoms with E-state index >= 15 is 0 Å². The van der Waals surface area contributed by atoms with Gasteiger partial charge in [0, 0.05) is 31.4 Å². The van der Waals surface area contributed by atoms with E-state index < -0.39 is 0 Å². The molecular weight excluding hydrogens is 200 g/mol.